The summed E-state index contributed by atoms with van der Waals surface area (Å²) in [4.78, 5) is 2.11. The molecule has 0 bridgehead atoms. The molecule has 1 N–H and O–H groups in total. The van der Waals surface area contributed by atoms with Crippen LogP contribution in [0.4, 0.5) is 0 Å². The molecular formula is C22H27NO6S. The van der Waals surface area contributed by atoms with E-state index in [1.807, 2.05) is 48.5 Å². The molecule has 2 heterocycles. The number of piperidine rings is 1. The van der Waals surface area contributed by atoms with Crippen molar-refractivity contribution in [1.29, 1.82) is 0 Å². The quantitative estimate of drug-likeness (QED) is 0.699. The average molecular weight is 434 g/mol. The highest BCUT2D eigenvalue weighted by Crippen LogP contribution is 2.34. The lowest BCUT2D eigenvalue weighted by Crippen LogP contribution is -2.51. The van der Waals surface area contributed by atoms with Gasteiger partial charge in [0.1, 0.15) is 12.7 Å². The van der Waals surface area contributed by atoms with Gasteiger partial charge in [-0.25, -0.2) is 0 Å². The van der Waals surface area contributed by atoms with Crippen LogP contribution in [0.5, 0.6) is 11.5 Å². The summed E-state index contributed by atoms with van der Waals surface area (Å²) < 4.78 is 40.9. The van der Waals surface area contributed by atoms with Gasteiger partial charge in [-0.3, -0.25) is 4.18 Å². The molecule has 7 nitrogen and oxygen atoms in total. The molecule has 8 heteroatoms. The fraction of sp³-hybridized carbons (Fsp3) is 0.455. The van der Waals surface area contributed by atoms with Crippen molar-refractivity contribution < 1.29 is 27.2 Å². The molecule has 2 aromatic rings. The first-order chi connectivity index (χ1) is 14.3. The number of aliphatic hydroxyl groups is 1. The minimum Gasteiger partial charge on any atom is -0.486 e. The molecule has 2 aliphatic rings. The molecular weight excluding hydrogens is 406 g/mol. The van der Waals surface area contributed by atoms with E-state index >= 15 is 0 Å². The van der Waals surface area contributed by atoms with Crippen molar-refractivity contribution in [3.05, 3.63) is 60.2 Å². The molecule has 162 valence electrons. The Morgan fingerprint density at radius 3 is 2.40 bits per heavy atom. The molecule has 0 aliphatic carbocycles. The standard InChI is InChI=1S/C22H27NO6S/c1-30(25,26)29-20(21-16-27-18-9-5-6-10-19(18)28-21)15-23-13-11-22(24,12-14-23)17-7-3-2-4-8-17/h2-10,20-21,24H,11-16H2,1H3. The Kier molecular flexibility index (Phi) is 6.02. The van der Waals surface area contributed by atoms with Crippen molar-refractivity contribution in [3.63, 3.8) is 0 Å². The first-order valence-electron chi connectivity index (χ1n) is 10.1. The Morgan fingerprint density at radius 1 is 1.10 bits per heavy atom. The summed E-state index contributed by atoms with van der Waals surface area (Å²) in [5, 5.41) is 11.0. The van der Waals surface area contributed by atoms with Crippen LogP contribution in [0.2, 0.25) is 0 Å². The summed E-state index contributed by atoms with van der Waals surface area (Å²) >= 11 is 0. The molecule has 2 unspecified atom stereocenters. The lowest BCUT2D eigenvalue weighted by molar-refractivity contribution is -0.0490. The summed E-state index contributed by atoms with van der Waals surface area (Å²) in [5.41, 5.74) is 0.0446. The van der Waals surface area contributed by atoms with Crippen molar-refractivity contribution in [2.45, 2.75) is 30.7 Å². The number of fused-ring (bicyclic) bond motifs is 1. The van der Waals surface area contributed by atoms with Crippen molar-refractivity contribution >= 4 is 10.1 Å². The van der Waals surface area contributed by atoms with Crippen molar-refractivity contribution in [2.75, 3.05) is 32.5 Å². The fourth-order valence-corrected chi connectivity index (χ4v) is 4.68. The highest BCUT2D eigenvalue weighted by atomic mass is 32.2. The topological polar surface area (TPSA) is 85.3 Å². The Morgan fingerprint density at radius 2 is 1.73 bits per heavy atom. The second-order valence-electron chi connectivity index (χ2n) is 7.95. The third-order valence-electron chi connectivity index (χ3n) is 5.68. The van der Waals surface area contributed by atoms with Crippen molar-refractivity contribution in [3.8, 4) is 11.5 Å². The number of likely N-dealkylation sites (tertiary alicyclic amines) is 1. The Hall–Kier alpha value is -2.13. The number of ether oxygens (including phenoxy) is 2. The Bertz CT molecular complexity index is 957. The van der Waals surface area contributed by atoms with Crippen LogP contribution in [0.25, 0.3) is 0 Å². The molecule has 30 heavy (non-hydrogen) atoms. The smallest absolute Gasteiger partial charge is 0.264 e. The molecule has 2 atom stereocenters. The van der Waals surface area contributed by atoms with E-state index in [0.717, 1.165) is 11.8 Å². The second-order valence-corrected chi connectivity index (χ2v) is 9.55. The highest BCUT2D eigenvalue weighted by Gasteiger charge is 2.38. The summed E-state index contributed by atoms with van der Waals surface area (Å²) in [6.07, 6.45) is 0.906. The lowest BCUT2D eigenvalue weighted by Gasteiger charge is -2.40. The third-order valence-corrected chi connectivity index (χ3v) is 6.27. The predicted molar refractivity (Wildman–Crippen MR) is 112 cm³/mol. The number of rotatable bonds is 6. The molecule has 0 saturated carbocycles. The van der Waals surface area contributed by atoms with Crippen LogP contribution in [0.1, 0.15) is 18.4 Å². The van der Waals surface area contributed by atoms with E-state index in [1.165, 1.54) is 0 Å². The zero-order chi connectivity index (χ0) is 21.2. The zero-order valence-electron chi connectivity index (χ0n) is 16.9. The van der Waals surface area contributed by atoms with Crippen LogP contribution in [-0.2, 0) is 19.9 Å². The maximum atomic E-state index is 11.9. The second kappa shape index (κ2) is 8.55. The van der Waals surface area contributed by atoms with Gasteiger partial charge in [-0.2, -0.15) is 8.42 Å². The van der Waals surface area contributed by atoms with E-state index in [-0.39, 0.29) is 6.61 Å². The van der Waals surface area contributed by atoms with Gasteiger partial charge in [-0.05, 0) is 30.5 Å². The number of nitrogens with zero attached hydrogens (tertiary/aromatic N) is 1. The van der Waals surface area contributed by atoms with E-state index in [4.69, 9.17) is 13.7 Å². The van der Waals surface area contributed by atoms with Gasteiger partial charge < -0.3 is 19.5 Å². The maximum Gasteiger partial charge on any atom is 0.264 e. The molecule has 2 aromatic carbocycles. The minimum absolute atomic E-state index is 0.207. The van der Waals surface area contributed by atoms with Crippen molar-refractivity contribution in [1.82, 2.24) is 4.90 Å². The SMILES string of the molecule is CS(=O)(=O)OC(CN1CCC(O)(c2ccccc2)CC1)C1COc2ccccc2O1. The third kappa shape index (κ3) is 4.95. The van der Waals surface area contributed by atoms with Crippen LogP contribution < -0.4 is 9.47 Å². The maximum absolute atomic E-state index is 11.9. The van der Waals surface area contributed by atoms with E-state index in [2.05, 4.69) is 4.90 Å². The highest BCUT2D eigenvalue weighted by molar-refractivity contribution is 7.86. The number of para-hydroxylation sites is 2. The summed E-state index contributed by atoms with van der Waals surface area (Å²) in [6.45, 7) is 1.82. The summed E-state index contributed by atoms with van der Waals surface area (Å²) in [6, 6.07) is 17.0. The van der Waals surface area contributed by atoms with E-state index < -0.39 is 27.9 Å². The molecule has 0 amide bonds. The minimum atomic E-state index is -3.68. The Balaban J connectivity index is 1.43. The molecule has 0 spiro atoms. The van der Waals surface area contributed by atoms with Crippen LogP contribution >= 0.6 is 0 Å². The number of hydrogen-bond donors (Lipinski definition) is 1. The predicted octanol–water partition coefficient (Wildman–Crippen LogP) is 2.15. The molecule has 1 saturated heterocycles. The van der Waals surface area contributed by atoms with Gasteiger partial charge >= 0.3 is 0 Å². The van der Waals surface area contributed by atoms with Crippen LogP contribution in [0, 0.1) is 0 Å². The van der Waals surface area contributed by atoms with Crippen LogP contribution in [-0.4, -0.2) is 63.1 Å². The number of benzene rings is 2. The number of hydrogen-bond acceptors (Lipinski definition) is 7. The van der Waals surface area contributed by atoms with Gasteiger partial charge in [0, 0.05) is 19.6 Å². The van der Waals surface area contributed by atoms with Gasteiger partial charge in [-0.1, -0.05) is 42.5 Å². The summed E-state index contributed by atoms with van der Waals surface area (Å²) in [5.74, 6) is 1.21. The molecule has 0 radical (unpaired) electrons. The van der Waals surface area contributed by atoms with Gasteiger partial charge in [0.2, 0.25) is 0 Å². The normalized spacial score (nSPS) is 22.4. The molecule has 1 fully saturated rings. The molecule has 2 aliphatic heterocycles. The van der Waals surface area contributed by atoms with Gasteiger partial charge in [0.25, 0.3) is 10.1 Å². The summed E-state index contributed by atoms with van der Waals surface area (Å²) in [7, 11) is -3.68. The molecule has 0 aromatic heterocycles. The van der Waals surface area contributed by atoms with Gasteiger partial charge in [0.05, 0.1) is 11.9 Å². The first kappa shape index (κ1) is 21.1. The zero-order valence-corrected chi connectivity index (χ0v) is 17.8. The van der Waals surface area contributed by atoms with Crippen molar-refractivity contribution in [2.24, 2.45) is 0 Å². The van der Waals surface area contributed by atoms with E-state index in [9.17, 15) is 13.5 Å². The monoisotopic (exact) mass is 433 g/mol. The Labute approximate surface area is 177 Å². The van der Waals surface area contributed by atoms with Crippen LogP contribution in [0.15, 0.2) is 54.6 Å². The average Bonchev–Trinajstić information content (AvgIpc) is 2.74. The molecule has 4 rings (SSSR count). The van der Waals surface area contributed by atoms with E-state index in [0.29, 0.717) is 44.0 Å². The lowest BCUT2D eigenvalue weighted by atomic mass is 9.84. The van der Waals surface area contributed by atoms with E-state index in [1.54, 1.807) is 6.07 Å². The fourth-order valence-electron chi connectivity index (χ4n) is 4.05. The van der Waals surface area contributed by atoms with Gasteiger partial charge in [-0.15, -0.1) is 0 Å². The largest absolute Gasteiger partial charge is 0.486 e. The van der Waals surface area contributed by atoms with Gasteiger partial charge in [0.15, 0.2) is 17.6 Å². The first-order valence-corrected chi connectivity index (χ1v) is 11.9. The van der Waals surface area contributed by atoms with Crippen LogP contribution in [0.3, 0.4) is 0 Å².